The molecule has 0 radical (unpaired) electrons. The van der Waals surface area contributed by atoms with Crippen molar-refractivity contribution in [3.8, 4) is 11.3 Å². The molecule has 3 nitrogen and oxygen atoms in total. The lowest BCUT2D eigenvalue weighted by Gasteiger charge is -2.03. The van der Waals surface area contributed by atoms with Crippen LogP contribution in [0.5, 0.6) is 0 Å². The lowest BCUT2D eigenvalue weighted by atomic mass is 10.1. The summed E-state index contributed by atoms with van der Waals surface area (Å²) in [5.41, 5.74) is 8.03. The van der Waals surface area contributed by atoms with E-state index in [2.05, 4.69) is 9.97 Å². The molecule has 88 valence electrons. The predicted octanol–water partition coefficient (Wildman–Crippen LogP) is 2.47. The number of nitrogens with zero attached hydrogens (tertiary/aromatic N) is 1. The number of aromatic amines is 1. The Morgan fingerprint density at radius 1 is 1.41 bits per heavy atom. The second-order valence-corrected chi connectivity index (χ2v) is 4.77. The van der Waals surface area contributed by atoms with Crippen molar-refractivity contribution in [2.45, 2.75) is 25.3 Å². The van der Waals surface area contributed by atoms with E-state index in [1.54, 1.807) is 19.2 Å². The fourth-order valence-electron chi connectivity index (χ4n) is 1.85. The third-order valence-electron chi connectivity index (χ3n) is 3.32. The molecule has 0 aliphatic heterocycles. The Balaban J connectivity index is 1.98. The number of nitrogens with one attached hydrogen (secondary N) is 1. The third-order valence-corrected chi connectivity index (χ3v) is 3.32. The van der Waals surface area contributed by atoms with Crippen LogP contribution in [0.2, 0.25) is 0 Å². The average molecular weight is 231 g/mol. The Labute approximate surface area is 98.9 Å². The average Bonchev–Trinajstić information content (AvgIpc) is 2.88. The normalized spacial score (nSPS) is 17.1. The van der Waals surface area contributed by atoms with Crippen LogP contribution in [0, 0.1) is 12.7 Å². The summed E-state index contributed by atoms with van der Waals surface area (Å²) in [7, 11) is 0. The van der Waals surface area contributed by atoms with Crippen molar-refractivity contribution in [1.29, 1.82) is 0 Å². The number of imidazole rings is 1. The summed E-state index contributed by atoms with van der Waals surface area (Å²) in [5, 5.41) is 0. The van der Waals surface area contributed by atoms with E-state index in [-0.39, 0.29) is 11.4 Å². The molecule has 1 aliphatic carbocycles. The summed E-state index contributed by atoms with van der Waals surface area (Å²) < 4.78 is 13.5. The van der Waals surface area contributed by atoms with Crippen molar-refractivity contribution in [1.82, 2.24) is 9.97 Å². The summed E-state index contributed by atoms with van der Waals surface area (Å²) in [5.74, 6) is 0.598. The van der Waals surface area contributed by atoms with E-state index in [1.165, 1.54) is 6.07 Å². The molecule has 0 unspecified atom stereocenters. The molecule has 1 fully saturated rings. The minimum absolute atomic E-state index is 0.201. The molecule has 1 aliphatic rings. The van der Waals surface area contributed by atoms with Gasteiger partial charge in [0.25, 0.3) is 0 Å². The molecule has 1 saturated carbocycles. The van der Waals surface area contributed by atoms with Crippen LogP contribution in [-0.2, 0) is 5.54 Å². The predicted molar refractivity (Wildman–Crippen MR) is 63.8 cm³/mol. The Bertz CT molecular complexity index is 570. The first kappa shape index (κ1) is 10.5. The highest BCUT2D eigenvalue weighted by atomic mass is 19.1. The maximum absolute atomic E-state index is 13.5. The molecule has 0 amide bonds. The zero-order valence-corrected chi connectivity index (χ0v) is 9.63. The van der Waals surface area contributed by atoms with E-state index in [0.717, 1.165) is 29.9 Å². The fourth-order valence-corrected chi connectivity index (χ4v) is 1.85. The number of halogens is 1. The van der Waals surface area contributed by atoms with Gasteiger partial charge in [-0.15, -0.1) is 0 Å². The van der Waals surface area contributed by atoms with E-state index in [4.69, 9.17) is 5.73 Å². The van der Waals surface area contributed by atoms with E-state index < -0.39 is 0 Å². The smallest absolute Gasteiger partial charge is 0.126 e. The van der Waals surface area contributed by atoms with Crippen LogP contribution < -0.4 is 5.73 Å². The van der Waals surface area contributed by atoms with Gasteiger partial charge in [-0.3, -0.25) is 0 Å². The summed E-state index contributed by atoms with van der Waals surface area (Å²) in [6, 6.07) is 5.16. The van der Waals surface area contributed by atoms with Crippen molar-refractivity contribution in [2.75, 3.05) is 0 Å². The highest BCUT2D eigenvalue weighted by Gasteiger charge is 2.42. The van der Waals surface area contributed by atoms with E-state index >= 15 is 0 Å². The van der Waals surface area contributed by atoms with Gasteiger partial charge in [-0.2, -0.15) is 0 Å². The topological polar surface area (TPSA) is 54.7 Å². The number of hydrogen-bond donors (Lipinski definition) is 2. The molecule has 0 atom stereocenters. The third kappa shape index (κ3) is 1.74. The number of hydrogen-bond acceptors (Lipinski definition) is 2. The van der Waals surface area contributed by atoms with Crippen LogP contribution in [0.3, 0.4) is 0 Å². The van der Waals surface area contributed by atoms with Crippen LogP contribution in [0.25, 0.3) is 11.3 Å². The number of aryl methyl sites for hydroxylation is 1. The molecule has 3 N–H and O–H groups in total. The van der Waals surface area contributed by atoms with E-state index in [1.807, 2.05) is 6.07 Å². The Morgan fingerprint density at radius 3 is 2.82 bits per heavy atom. The minimum atomic E-state index is -0.276. The Kier molecular flexibility index (Phi) is 2.10. The Hall–Kier alpha value is -1.68. The van der Waals surface area contributed by atoms with E-state index in [0.29, 0.717) is 5.56 Å². The summed E-state index contributed by atoms with van der Waals surface area (Å²) in [4.78, 5) is 7.45. The summed E-state index contributed by atoms with van der Waals surface area (Å²) in [6.07, 6.45) is 3.64. The van der Waals surface area contributed by atoms with Gasteiger partial charge in [0.1, 0.15) is 11.6 Å². The molecule has 3 rings (SSSR count). The number of rotatable bonds is 2. The largest absolute Gasteiger partial charge is 0.340 e. The van der Waals surface area contributed by atoms with Gasteiger partial charge in [0.15, 0.2) is 0 Å². The Morgan fingerprint density at radius 2 is 2.18 bits per heavy atom. The van der Waals surface area contributed by atoms with Gasteiger partial charge in [0, 0.05) is 5.56 Å². The van der Waals surface area contributed by atoms with E-state index in [9.17, 15) is 4.39 Å². The molecule has 0 spiro atoms. The van der Waals surface area contributed by atoms with Crippen LogP contribution in [0.1, 0.15) is 24.2 Å². The number of benzene rings is 1. The zero-order valence-electron chi connectivity index (χ0n) is 9.63. The lowest BCUT2D eigenvalue weighted by Crippen LogP contribution is -2.20. The maximum Gasteiger partial charge on any atom is 0.126 e. The molecular weight excluding hydrogens is 217 g/mol. The van der Waals surface area contributed by atoms with Crippen molar-refractivity contribution < 1.29 is 4.39 Å². The standard InChI is InChI=1S/C13H14FN3/c1-8-2-3-9(6-10(8)14)11-7-16-12(17-11)13(15)4-5-13/h2-3,6-7H,4-5,15H2,1H3,(H,16,17). The summed E-state index contributed by atoms with van der Waals surface area (Å²) in [6.45, 7) is 1.75. The maximum atomic E-state index is 13.5. The number of aromatic nitrogens is 2. The van der Waals surface area contributed by atoms with Crippen molar-refractivity contribution in [3.05, 3.63) is 41.6 Å². The van der Waals surface area contributed by atoms with Crippen molar-refractivity contribution >= 4 is 0 Å². The lowest BCUT2D eigenvalue weighted by molar-refractivity contribution is 0.619. The molecule has 1 heterocycles. The monoisotopic (exact) mass is 231 g/mol. The molecule has 0 bridgehead atoms. The quantitative estimate of drug-likeness (QED) is 0.834. The fraction of sp³-hybridized carbons (Fsp3) is 0.308. The van der Waals surface area contributed by atoms with Crippen LogP contribution >= 0.6 is 0 Å². The van der Waals surface area contributed by atoms with Crippen molar-refractivity contribution in [2.24, 2.45) is 5.73 Å². The van der Waals surface area contributed by atoms with Gasteiger partial charge in [-0.1, -0.05) is 12.1 Å². The first-order valence-corrected chi connectivity index (χ1v) is 5.69. The minimum Gasteiger partial charge on any atom is -0.340 e. The second-order valence-electron chi connectivity index (χ2n) is 4.77. The summed E-state index contributed by atoms with van der Waals surface area (Å²) >= 11 is 0. The van der Waals surface area contributed by atoms with Gasteiger partial charge in [0.05, 0.1) is 17.4 Å². The zero-order chi connectivity index (χ0) is 12.0. The highest BCUT2D eigenvalue weighted by molar-refractivity contribution is 5.59. The molecular formula is C13H14FN3. The highest BCUT2D eigenvalue weighted by Crippen LogP contribution is 2.41. The molecule has 4 heteroatoms. The van der Waals surface area contributed by atoms with Gasteiger partial charge >= 0.3 is 0 Å². The van der Waals surface area contributed by atoms with Crippen LogP contribution in [0.4, 0.5) is 4.39 Å². The number of H-pyrrole nitrogens is 1. The first-order chi connectivity index (χ1) is 8.08. The van der Waals surface area contributed by atoms with Gasteiger partial charge < -0.3 is 10.7 Å². The number of nitrogens with two attached hydrogens (primary N) is 1. The molecule has 0 saturated heterocycles. The van der Waals surface area contributed by atoms with Crippen LogP contribution in [-0.4, -0.2) is 9.97 Å². The SMILES string of the molecule is Cc1ccc(-c2cnc(C3(N)CC3)[nH]2)cc1F. The van der Waals surface area contributed by atoms with Crippen molar-refractivity contribution in [3.63, 3.8) is 0 Å². The van der Waals surface area contributed by atoms with Gasteiger partial charge in [0.2, 0.25) is 0 Å². The van der Waals surface area contributed by atoms with Gasteiger partial charge in [-0.05, 0) is 31.4 Å². The van der Waals surface area contributed by atoms with Gasteiger partial charge in [-0.25, -0.2) is 9.37 Å². The van der Waals surface area contributed by atoms with Crippen LogP contribution in [0.15, 0.2) is 24.4 Å². The molecule has 17 heavy (non-hydrogen) atoms. The second kappa shape index (κ2) is 3.40. The molecule has 2 aromatic rings. The molecule has 1 aromatic carbocycles. The molecule has 1 aromatic heterocycles. The first-order valence-electron chi connectivity index (χ1n) is 5.69.